The average Bonchev–Trinajstić information content (AvgIpc) is 3.15. The molecule has 0 bridgehead atoms. The molecule has 0 spiro atoms. The van der Waals surface area contributed by atoms with Gasteiger partial charge in [-0.15, -0.1) is 0 Å². The average molecular weight is 475 g/mol. The lowest BCUT2D eigenvalue weighted by Gasteiger charge is -2.36. The number of nitrogens with zero attached hydrogens (tertiary/aromatic N) is 4. The first-order valence-electron chi connectivity index (χ1n) is 12.4. The van der Waals surface area contributed by atoms with Crippen molar-refractivity contribution in [1.82, 2.24) is 14.9 Å². The summed E-state index contributed by atoms with van der Waals surface area (Å²) < 4.78 is 12.1. The molecule has 1 saturated carbocycles. The Hall–Kier alpha value is -3.23. The van der Waals surface area contributed by atoms with Crippen molar-refractivity contribution in [3.05, 3.63) is 59.5 Å². The maximum atomic E-state index is 13.0. The Morgan fingerprint density at radius 1 is 1.06 bits per heavy atom. The van der Waals surface area contributed by atoms with E-state index in [9.17, 15) is 9.90 Å². The molecule has 3 aromatic rings. The maximum absolute atomic E-state index is 13.0. The molecule has 3 heterocycles. The second kappa shape index (κ2) is 9.09. The first-order chi connectivity index (χ1) is 17.1. The minimum Gasteiger partial charge on any atom is -0.490 e. The summed E-state index contributed by atoms with van der Waals surface area (Å²) in [5.41, 5.74) is 4.19. The molecule has 1 aliphatic carbocycles. The van der Waals surface area contributed by atoms with Gasteiger partial charge >= 0.3 is 0 Å². The Balaban J connectivity index is 1.20. The lowest BCUT2D eigenvalue weighted by molar-refractivity contribution is -0.0186. The van der Waals surface area contributed by atoms with Crippen LogP contribution in [-0.4, -0.2) is 64.3 Å². The van der Waals surface area contributed by atoms with E-state index in [1.54, 1.807) is 17.3 Å². The van der Waals surface area contributed by atoms with E-state index in [2.05, 4.69) is 27.0 Å². The fourth-order valence-corrected chi connectivity index (χ4v) is 5.69. The van der Waals surface area contributed by atoms with Crippen molar-refractivity contribution in [3.63, 3.8) is 0 Å². The second-order valence-corrected chi connectivity index (χ2v) is 9.62. The molecule has 6 rings (SSSR count). The molecule has 2 aliphatic heterocycles. The number of aliphatic hydroxyl groups excluding tert-OH is 1. The molecule has 8 nitrogen and oxygen atoms in total. The number of carbonyl (C=O) groups excluding carboxylic acids is 1. The number of aryl methyl sites for hydroxylation is 1. The van der Waals surface area contributed by atoms with E-state index in [4.69, 9.17) is 9.47 Å². The summed E-state index contributed by atoms with van der Waals surface area (Å²) in [5, 5.41) is 11.8. The highest BCUT2D eigenvalue weighted by Crippen LogP contribution is 2.39. The van der Waals surface area contributed by atoms with E-state index in [1.165, 1.54) is 0 Å². The zero-order valence-electron chi connectivity index (χ0n) is 19.9. The molecule has 3 aliphatic rings. The van der Waals surface area contributed by atoms with Gasteiger partial charge < -0.3 is 24.4 Å². The van der Waals surface area contributed by atoms with Gasteiger partial charge in [0.05, 0.1) is 35.9 Å². The van der Waals surface area contributed by atoms with E-state index in [1.807, 2.05) is 25.1 Å². The van der Waals surface area contributed by atoms with Gasteiger partial charge in [-0.3, -0.25) is 4.79 Å². The molecular formula is C27H30N4O4. The Morgan fingerprint density at radius 3 is 2.60 bits per heavy atom. The normalized spacial score (nSPS) is 24.6. The number of benzene rings is 2. The molecule has 1 saturated heterocycles. The third-order valence-electron chi connectivity index (χ3n) is 7.55. The van der Waals surface area contributed by atoms with Crippen LogP contribution in [0.4, 0.5) is 5.69 Å². The monoisotopic (exact) mass is 474 g/mol. The van der Waals surface area contributed by atoms with E-state index in [0.717, 1.165) is 66.8 Å². The molecule has 1 N–H and O–H groups in total. The van der Waals surface area contributed by atoms with Crippen LogP contribution < -0.4 is 9.64 Å². The number of morpholine rings is 1. The number of ether oxygens (including phenoxy) is 2. The fourth-order valence-electron chi connectivity index (χ4n) is 5.69. The number of aliphatic hydroxyl groups is 1. The topological polar surface area (TPSA) is 88.0 Å². The van der Waals surface area contributed by atoms with Crippen LogP contribution in [0.1, 0.15) is 53.5 Å². The zero-order chi connectivity index (χ0) is 23.9. The summed E-state index contributed by atoms with van der Waals surface area (Å²) >= 11 is 0. The summed E-state index contributed by atoms with van der Waals surface area (Å²) in [6.45, 7) is 5.10. The van der Waals surface area contributed by atoms with Gasteiger partial charge in [0.2, 0.25) is 0 Å². The van der Waals surface area contributed by atoms with Crippen LogP contribution >= 0.6 is 0 Å². The van der Waals surface area contributed by atoms with Crippen molar-refractivity contribution in [3.8, 4) is 5.75 Å². The van der Waals surface area contributed by atoms with Crippen LogP contribution in [0.25, 0.3) is 10.9 Å². The maximum Gasteiger partial charge on any atom is 0.256 e. The minimum absolute atomic E-state index is 0.00579. The summed E-state index contributed by atoms with van der Waals surface area (Å²) in [7, 11) is 0. The van der Waals surface area contributed by atoms with Crippen molar-refractivity contribution in [2.75, 3.05) is 31.2 Å². The molecule has 2 fully saturated rings. The first-order valence-corrected chi connectivity index (χ1v) is 12.4. The predicted octanol–water partition coefficient (Wildman–Crippen LogP) is 3.61. The third-order valence-corrected chi connectivity index (χ3v) is 7.55. The number of anilines is 1. The molecule has 1 unspecified atom stereocenters. The molecule has 182 valence electrons. The number of amides is 1. The van der Waals surface area contributed by atoms with Crippen LogP contribution in [0, 0.1) is 6.92 Å². The Kier molecular flexibility index (Phi) is 5.78. The third kappa shape index (κ3) is 4.00. The van der Waals surface area contributed by atoms with Crippen molar-refractivity contribution in [2.24, 2.45) is 0 Å². The van der Waals surface area contributed by atoms with E-state index < -0.39 is 6.23 Å². The summed E-state index contributed by atoms with van der Waals surface area (Å²) in [5.74, 6) is 0.740. The highest BCUT2D eigenvalue weighted by atomic mass is 16.5. The number of carbonyl (C=O) groups is 1. The Bertz CT molecular complexity index is 1250. The summed E-state index contributed by atoms with van der Waals surface area (Å²) in [6, 6.07) is 11.6. The van der Waals surface area contributed by atoms with Crippen LogP contribution in [-0.2, 0) is 4.74 Å². The van der Waals surface area contributed by atoms with E-state index in [-0.39, 0.29) is 18.1 Å². The second-order valence-electron chi connectivity index (χ2n) is 9.62. The van der Waals surface area contributed by atoms with Crippen molar-refractivity contribution in [2.45, 2.75) is 51.0 Å². The van der Waals surface area contributed by atoms with Crippen molar-refractivity contribution in [1.29, 1.82) is 0 Å². The van der Waals surface area contributed by atoms with Crippen LogP contribution in [0.2, 0.25) is 0 Å². The number of hydrogen-bond acceptors (Lipinski definition) is 7. The molecule has 1 atom stereocenters. The highest BCUT2D eigenvalue weighted by Gasteiger charge is 2.41. The minimum atomic E-state index is -0.866. The lowest BCUT2D eigenvalue weighted by Crippen LogP contribution is -2.42. The molecule has 2 aromatic carbocycles. The first kappa shape index (κ1) is 22.2. The predicted molar refractivity (Wildman–Crippen MR) is 132 cm³/mol. The van der Waals surface area contributed by atoms with E-state index in [0.29, 0.717) is 24.3 Å². The summed E-state index contributed by atoms with van der Waals surface area (Å²) in [4.78, 5) is 25.9. The van der Waals surface area contributed by atoms with Crippen molar-refractivity contribution < 1.29 is 19.4 Å². The number of aromatic nitrogens is 2. The van der Waals surface area contributed by atoms with Crippen LogP contribution in [0.15, 0.2) is 42.7 Å². The lowest BCUT2D eigenvalue weighted by atomic mass is 9.91. The SMILES string of the molecule is Cc1ncnc2cc(N3CCOCC3)cc(OC3CCC(N4C(=O)c5ccccc5C4O)CC3)c12. The Morgan fingerprint density at radius 2 is 1.83 bits per heavy atom. The largest absolute Gasteiger partial charge is 0.490 e. The zero-order valence-corrected chi connectivity index (χ0v) is 19.9. The van der Waals surface area contributed by atoms with Gasteiger partial charge in [0.15, 0.2) is 6.23 Å². The van der Waals surface area contributed by atoms with Crippen LogP contribution in [0.5, 0.6) is 5.75 Å². The highest BCUT2D eigenvalue weighted by molar-refractivity contribution is 5.99. The van der Waals surface area contributed by atoms with Gasteiger partial charge in [0.25, 0.3) is 5.91 Å². The fraction of sp³-hybridized carbons (Fsp3) is 0.444. The smallest absolute Gasteiger partial charge is 0.256 e. The molecule has 0 radical (unpaired) electrons. The van der Waals surface area contributed by atoms with Gasteiger partial charge in [0, 0.05) is 42.0 Å². The molecule has 1 aromatic heterocycles. The van der Waals surface area contributed by atoms with E-state index >= 15 is 0 Å². The van der Waals surface area contributed by atoms with Gasteiger partial charge in [-0.25, -0.2) is 9.97 Å². The quantitative estimate of drug-likeness (QED) is 0.618. The van der Waals surface area contributed by atoms with Gasteiger partial charge in [-0.05, 0) is 44.7 Å². The molecular weight excluding hydrogens is 444 g/mol. The van der Waals surface area contributed by atoms with Gasteiger partial charge in [0.1, 0.15) is 12.1 Å². The van der Waals surface area contributed by atoms with Gasteiger partial charge in [-0.1, -0.05) is 18.2 Å². The van der Waals surface area contributed by atoms with Gasteiger partial charge in [-0.2, -0.15) is 0 Å². The molecule has 1 amide bonds. The number of fused-ring (bicyclic) bond motifs is 2. The standard InChI is InChI=1S/C27H30N4O4/c1-17-25-23(29-16-28-17)14-19(30-10-12-34-13-11-30)15-24(25)35-20-8-6-18(7-9-20)31-26(32)21-4-2-3-5-22(21)27(31)33/h2-5,14-16,18,20,26,32H,6-13H2,1H3. The Labute approximate surface area is 204 Å². The van der Waals surface area contributed by atoms with Crippen LogP contribution in [0.3, 0.4) is 0 Å². The van der Waals surface area contributed by atoms with Crippen molar-refractivity contribution >= 4 is 22.5 Å². The molecule has 35 heavy (non-hydrogen) atoms. The molecule has 8 heteroatoms. The number of hydrogen-bond donors (Lipinski definition) is 1. The number of rotatable bonds is 4. The summed E-state index contributed by atoms with van der Waals surface area (Å²) in [6.07, 6.45) is 3.98.